The highest BCUT2D eigenvalue weighted by Gasteiger charge is 2.28. The Labute approximate surface area is 112 Å². The van der Waals surface area contributed by atoms with Crippen molar-refractivity contribution in [3.63, 3.8) is 0 Å². The first-order valence-corrected chi connectivity index (χ1v) is 6.52. The fraction of sp³-hybridized carbons (Fsp3) is 0.400. The Morgan fingerprint density at radius 1 is 1.32 bits per heavy atom. The van der Waals surface area contributed by atoms with Crippen LogP contribution in [0.3, 0.4) is 0 Å². The van der Waals surface area contributed by atoms with Gasteiger partial charge >= 0.3 is 0 Å². The molecule has 1 aliphatic heterocycles. The number of hydrogen-bond acceptors (Lipinski definition) is 3. The van der Waals surface area contributed by atoms with Gasteiger partial charge < -0.3 is 4.57 Å². The minimum absolute atomic E-state index is 0.275. The summed E-state index contributed by atoms with van der Waals surface area (Å²) in [6.45, 7) is 5.47. The molecule has 0 saturated carbocycles. The van der Waals surface area contributed by atoms with Gasteiger partial charge in [0.1, 0.15) is 5.82 Å². The van der Waals surface area contributed by atoms with Crippen molar-refractivity contribution < 1.29 is 0 Å². The molecule has 0 saturated heterocycles. The van der Waals surface area contributed by atoms with Gasteiger partial charge in [0.25, 0.3) is 0 Å². The van der Waals surface area contributed by atoms with Crippen LogP contribution in [0.2, 0.25) is 0 Å². The first-order valence-electron chi connectivity index (χ1n) is 6.52. The van der Waals surface area contributed by atoms with Crippen molar-refractivity contribution in [3.8, 4) is 17.5 Å². The van der Waals surface area contributed by atoms with Gasteiger partial charge in [-0.1, -0.05) is 26.0 Å². The third-order valence-corrected chi connectivity index (χ3v) is 3.69. The van der Waals surface area contributed by atoms with E-state index in [1.54, 1.807) is 6.07 Å². The summed E-state index contributed by atoms with van der Waals surface area (Å²) in [5.74, 6) is 1.93. The Morgan fingerprint density at radius 3 is 2.95 bits per heavy atom. The lowest BCUT2D eigenvalue weighted by Crippen LogP contribution is -2.27. The van der Waals surface area contributed by atoms with Crippen molar-refractivity contribution in [3.05, 3.63) is 35.7 Å². The van der Waals surface area contributed by atoms with E-state index in [1.165, 1.54) is 0 Å². The number of benzene rings is 1. The molecule has 1 aromatic heterocycles. The van der Waals surface area contributed by atoms with E-state index < -0.39 is 0 Å². The molecule has 2 aromatic rings. The summed E-state index contributed by atoms with van der Waals surface area (Å²) in [7, 11) is 0. The molecule has 0 unspecified atom stereocenters. The van der Waals surface area contributed by atoms with Crippen LogP contribution >= 0.6 is 0 Å². The Kier molecular flexibility index (Phi) is 2.63. The van der Waals surface area contributed by atoms with Gasteiger partial charge in [0.2, 0.25) is 0 Å². The zero-order chi connectivity index (χ0) is 13.5. The lowest BCUT2D eigenvalue weighted by Gasteiger charge is -2.30. The maximum Gasteiger partial charge on any atom is 0.164 e. The Balaban J connectivity index is 2.08. The number of nitriles is 1. The highest BCUT2D eigenvalue weighted by molar-refractivity contribution is 5.58. The van der Waals surface area contributed by atoms with E-state index in [0.29, 0.717) is 5.56 Å². The summed E-state index contributed by atoms with van der Waals surface area (Å²) >= 11 is 0. The summed E-state index contributed by atoms with van der Waals surface area (Å²) in [5.41, 5.74) is 1.90. The first-order chi connectivity index (χ1) is 9.09. The summed E-state index contributed by atoms with van der Waals surface area (Å²) in [6.07, 6.45) is 2.11. The highest BCUT2D eigenvalue weighted by atomic mass is 15.3. The normalized spacial score (nSPS) is 16.7. The maximum atomic E-state index is 8.99. The van der Waals surface area contributed by atoms with E-state index in [2.05, 4.69) is 34.7 Å². The number of rotatable bonds is 1. The van der Waals surface area contributed by atoms with Crippen LogP contribution in [0.15, 0.2) is 24.3 Å². The quantitative estimate of drug-likeness (QED) is 0.784. The van der Waals surface area contributed by atoms with Crippen molar-refractivity contribution in [1.82, 2.24) is 14.8 Å². The van der Waals surface area contributed by atoms with Crippen LogP contribution in [0.5, 0.6) is 0 Å². The molecule has 1 aliphatic rings. The third-order valence-electron chi connectivity index (χ3n) is 3.69. The van der Waals surface area contributed by atoms with E-state index in [9.17, 15) is 0 Å². The smallest absolute Gasteiger partial charge is 0.164 e. The molecular formula is C15H16N4. The topological polar surface area (TPSA) is 54.5 Å². The molecule has 4 heteroatoms. The molecule has 96 valence electrons. The Morgan fingerprint density at radius 2 is 2.16 bits per heavy atom. The zero-order valence-electron chi connectivity index (χ0n) is 11.2. The van der Waals surface area contributed by atoms with Crippen LogP contribution < -0.4 is 0 Å². The maximum absolute atomic E-state index is 8.99. The second-order valence-corrected chi connectivity index (χ2v) is 5.88. The average Bonchev–Trinajstić information content (AvgIpc) is 2.80. The lowest BCUT2D eigenvalue weighted by atomic mass is 9.85. The number of hydrogen-bond donors (Lipinski definition) is 0. The largest absolute Gasteiger partial charge is 0.310 e. The molecule has 0 atom stereocenters. The number of aromatic nitrogens is 3. The van der Waals surface area contributed by atoms with Gasteiger partial charge in [0.05, 0.1) is 11.6 Å². The minimum Gasteiger partial charge on any atom is -0.310 e. The summed E-state index contributed by atoms with van der Waals surface area (Å²) in [5, 5.41) is 17.6. The Bertz CT molecular complexity index is 661. The molecule has 4 nitrogen and oxygen atoms in total. The van der Waals surface area contributed by atoms with Crippen molar-refractivity contribution in [2.24, 2.45) is 5.41 Å². The zero-order valence-corrected chi connectivity index (χ0v) is 11.2. The van der Waals surface area contributed by atoms with Crippen LogP contribution in [0.4, 0.5) is 0 Å². The van der Waals surface area contributed by atoms with E-state index >= 15 is 0 Å². The van der Waals surface area contributed by atoms with Crippen LogP contribution in [0, 0.1) is 16.7 Å². The molecular weight excluding hydrogens is 236 g/mol. The molecule has 3 rings (SSSR count). The molecule has 0 spiro atoms. The van der Waals surface area contributed by atoms with E-state index in [4.69, 9.17) is 5.26 Å². The van der Waals surface area contributed by atoms with Gasteiger partial charge in [0, 0.05) is 18.5 Å². The van der Waals surface area contributed by atoms with Gasteiger partial charge in [-0.15, -0.1) is 10.2 Å². The molecule has 0 aliphatic carbocycles. The van der Waals surface area contributed by atoms with Crippen molar-refractivity contribution in [2.75, 3.05) is 0 Å². The van der Waals surface area contributed by atoms with Gasteiger partial charge in [-0.05, 0) is 24.0 Å². The Hall–Kier alpha value is -2.15. The summed E-state index contributed by atoms with van der Waals surface area (Å²) in [6, 6.07) is 9.73. The van der Waals surface area contributed by atoms with Gasteiger partial charge in [-0.2, -0.15) is 5.26 Å². The van der Waals surface area contributed by atoms with Gasteiger partial charge in [-0.25, -0.2) is 0 Å². The van der Waals surface area contributed by atoms with Crippen LogP contribution in [-0.4, -0.2) is 14.8 Å². The molecule has 0 bridgehead atoms. The van der Waals surface area contributed by atoms with E-state index in [1.807, 2.05) is 18.2 Å². The molecule has 2 heterocycles. The molecule has 0 fully saturated rings. The second-order valence-electron chi connectivity index (χ2n) is 5.88. The number of fused-ring (bicyclic) bond motifs is 1. The van der Waals surface area contributed by atoms with Crippen LogP contribution in [-0.2, 0) is 13.0 Å². The standard InChI is InChI=1S/C15H16N4/c1-15(2)7-6-13-17-18-14(19(13)10-15)12-5-3-4-11(8-12)9-16/h3-5,8H,6-7,10H2,1-2H3. The number of nitrogens with zero attached hydrogens (tertiary/aromatic N) is 4. The minimum atomic E-state index is 0.275. The molecule has 0 N–H and O–H groups in total. The van der Waals surface area contributed by atoms with E-state index in [-0.39, 0.29) is 5.41 Å². The van der Waals surface area contributed by atoms with Crippen molar-refractivity contribution in [1.29, 1.82) is 5.26 Å². The van der Waals surface area contributed by atoms with Gasteiger partial charge in [0.15, 0.2) is 5.82 Å². The monoisotopic (exact) mass is 252 g/mol. The van der Waals surface area contributed by atoms with E-state index in [0.717, 1.165) is 36.6 Å². The van der Waals surface area contributed by atoms with Crippen LogP contribution in [0.1, 0.15) is 31.7 Å². The summed E-state index contributed by atoms with van der Waals surface area (Å²) < 4.78 is 2.19. The first kappa shape index (κ1) is 11.9. The number of aryl methyl sites for hydroxylation is 1. The molecule has 19 heavy (non-hydrogen) atoms. The van der Waals surface area contributed by atoms with Crippen molar-refractivity contribution >= 4 is 0 Å². The molecule has 1 aromatic carbocycles. The predicted octanol–water partition coefficient (Wildman–Crippen LogP) is 2.79. The van der Waals surface area contributed by atoms with Gasteiger partial charge in [-0.3, -0.25) is 0 Å². The molecule has 0 radical (unpaired) electrons. The van der Waals surface area contributed by atoms with Crippen LogP contribution in [0.25, 0.3) is 11.4 Å². The lowest BCUT2D eigenvalue weighted by molar-refractivity contribution is 0.248. The summed E-state index contributed by atoms with van der Waals surface area (Å²) in [4.78, 5) is 0. The molecule has 0 amide bonds. The van der Waals surface area contributed by atoms with Crippen molar-refractivity contribution in [2.45, 2.75) is 33.2 Å². The highest BCUT2D eigenvalue weighted by Crippen LogP contribution is 2.33. The SMILES string of the molecule is CC1(C)CCc2nnc(-c3cccc(C#N)c3)n2C1. The average molecular weight is 252 g/mol. The fourth-order valence-corrected chi connectivity index (χ4v) is 2.59. The third kappa shape index (κ3) is 2.12. The fourth-order valence-electron chi connectivity index (χ4n) is 2.59. The second kappa shape index (κ2) is 4.20. The predicted molar refractivity (Wildman–Crippen MR) is 72.3 cm³/mol.